The Bertz CT molecular complexity index is 572. The fraction of sp³-hybridized carbons (Fsp3) is 0.182. The molecule has 0 aliphatic rings. The summed E-state index contributed by atoms with van der Waals surface area (Å²) in [5.74, 6) is 0. The summed E-state index contributed by atoms with van der Waals surface area (Å²) in [4.78, 5) is 4.43. The predicted octanol–water partition coefficient (Wildman–Crippen LogP) is 5.34. The van der Waals surface area contributed by atoms with Crippen molar-refractivity contribution >= 4 is 46.8 Å². The lowest BCUT2D eigenvalue weighted by atomic mass is 10.1. The molecule has 0 atom stereocenters. The number of thiazole rings is 1. The van der Waals surface area contributed by atoms with Crippen LogP contribution in [0.5, 0.6) is 0 Å². The van der Waals surface area contributed by atoms with Gasteiger partial charge in [0, 0.05) is 10.4 Å². The molecule has 0 saturated carbocycles. The first kappa shape index (κ1) is 12.1. The summed E-state index contributed by atoms with van der Waals surface area (Å²) in [5.41, 5.74) is 2.08. The van der Waals surface area contributed by atoms with E-state index in [-0.39, 0.29) is 0 Å². The van der Waals surface area contributed by atoms with Crippen LogP contribution in [0.25, 0.3) is 11.3 Å². The van der Waals surface area contributed by atoms with Crippen LogP contribution in [0, 0.1) is 3.95 Å². The molecule has 0 saturated heterocycles. The molecular formula is C11H9Cl2NS2. The van der Waals surface area contributed by atoms with Crippen molar-refractivity contribution in [3.8, 4) is 11.3 Å². The van der Waals surface area contributed by atoms with Crippen molar-refractivity contribution in [1.29, 1.82) is 0 Å². The van der Waals surface area contributed by atoms with Gasteiger partial charge in [-0.15, -0.1) is 11.3 Å². The molecule has 2 rings (SSSR count). The minimum absolute atomic E-state index is 0.562. The second-order valence-corrected chi connectivity index (χ2v) is 5.88. The van der Waals surface area contributed by atoms with Crippen LogP contribution < -0.4 is 0 Å². The van der Waals surface area contributed by atoms with Gasteiger partial charge in [-0.25, -0.2) is 0 Å². The molecule has 0 radical (unpaired) electrons. The first-order chi connectivity index (χ1) is 7.61. The molecule has 1 N–H and O–H groups in total. The maximum Gasteiger partial charge on any atom is 0.159 e. The van der Waals surface area contributed by atoms with Crippen LogP contribution in [-0.4, -0.2) is 4.98 Å². The van der Waals surface area contributed by atoms with Crippen LogP contribution in [0.1, 0.15) is 11.8 Å². The summed E-state index contributed by atoms with van der Waals surface area (Å²) < 4.78 is 0.790. The number of hydrogen-bond acceptors (Lipinski definition) is 2. The minimum Gasteiger partial charge on any atom is -0.337 e. The smallest absolute Gasteiger partial charge is 0.159 e. The normalized spacial score (nSPS) is 10.7. The number of aryl methyl sites for hydroxylation is 1. The third-order valence-corrected chi connectivity index (χ3v) is 4.37. The standard InChI is InChI=1S/C11H9Cl2NS2/c1-2-9-10(14-11(15)16-9)6-3-4-7(12)8(13)5-6/h3-5H,2H2,1H3,(H,14,15). The van der Waals surface area contributed by atoms with Crippen LogP contribution >= 0.6 is 46.8 Å². The molecule has 0 spiro atoms. The van der Waals surface area contributed by atoms with Gasteiger partial charge < -0.3 is 4.98 Å². The van der Waals surface area contributed by atoms with E-state index in [0.29, 0.717) is 10.0 Å². The summed E-state index contributed by atoms with van der Waals surface area (Å²) in [7, 11) is 0. The molecule has 1 aromatic heterocycles. The Morgan fingerprint density at radius 1 is 1.31 bits per heavy atom. The quantitative estimate of drug-likeness (QED) is 0.738. The Hall–Kier alpha value is -0.350. The van der Waals surface area contributed by atoms with Gasteiger partial charge in [-0.2, -0.15) is 0 Å². The summed E-state index contributed by atoms with van der Waals surface area (Å²) >= 11 is 18.6. The lowest BCUT2D eigenvalue weighted by Gasteiger charge is -2.03. The van der Waals surface area contributed by atoms with Gasteiger partial charge in [-0.3, -0.25) is 0 Å². The third-order valence-electron chi connectivity index (χ3n) is 2.25. The highest BCUT2D eigenvalue weighted by atomic mass is 35.5. The van der Waals surface area contributed by atoms with Crippen molar-refractivity contribution in [2.45, 2.75) is 13.3 Å². The Kier molecular flexibility index (Phi) is 3.70. The second kappa shape index (κ2) is 4.88. The molecular weight excluding hydrogens is 281 g/mol. The van der Waals surface area contributed by atoms with E-state index in [1.165, 1.54) is 4.88 Å². The average molecular weight is 290 g/mol. The van der Waals surface area contributed by atoms with Crippen molar-refractivity contribution in [3.05, 3.63) is 37.1 Å². The summed E-state index contributed by atoms with van der Waals surface area (Å²) in [6, 6.07) is 5.60. The van der Waals surface area contributed by atoms with E-state index in [2.05, 4.69) is 11.9 Å². The van der Waals surface area contributed by atoms with Crippen LogP contribution in [0.15, 0.2) is 18.2 Å². The van der Waals surface area contributed by atoms with Gasteiger partial charge in [-0.05, 0) is 30.8 Å². The molecule has 1 heterocycles. The summed E-state index contributed by atoms with van der Waals surface area (Å²) in [5, 5.41) is 1.13. The number of benzene rings is 1. The molecule has 0 bridgehead atoms. The van der Waals surface area contributed by atoms with Crippen molar-refractivity contribution in [2.75, 3.05) is 0 Å². The van der Waals surface area contributed by atoms with Crippen molar-refractivity contribution in [1.82, 2.24) is 4.98 Å². The summed E-state index contributed by atoms with van der Waals surface area (Å²) in [6.45, 7) is 2.11. The van der Waals surface area contributed by atoms with Crippen molar-refractivity contribution < 1.29 is 0 Å². The van der Waals surface area contributed by atoms with E-state index < -0.39 is 0 Å². The van der Waals surface area contributed by atoms with E-state index in [9.17, 15) is 0 Å². The first-order valence-electron chi connectivity index (χ1n) is 4.79. The molecule has 84 valence electrons. The Morgan fingerprint density at radius 2 is 2.06 bits per heavy atom. The first-order valence-corrected chi connectivity index (χ1v) is 6.77. The van der Waals surface area contributed by atoms with Gasteiger partial charge in [0.05, 0.1) is 15.7 Å². The molecule has 16 heavy (non-hydrogen) atoms. The fourth-order valence-electron chi connectivity index (χ4n) is 1.49. The monoisotopic (exact) mass is 289 g/mol. The Morgan fingerprint density at radius 3 is 2.69 bits per heavy atom. The number of H-pyrrole nitrogens is 1. The van der Waals surface area contributed by atoms with E-state index in [0.717, 1.165) is 21.6 Å². The third kappa shape index (κ3) is 2.33. The predicted molar refractivity (Wildman–Crippen MR) is 74.3 cm³/mol. The van der Waals surface area contributed by atoms with Gasteiger partial charge in [0.25, 0.3) is 0 Å². The minimum atomic E-state index is 0.562. The highest BCUT2D eigenvalue weighted by Gasteiger charge is 2.08. The lowest BCUT2D eigenvalue weighted by Crippen LogP contribution is -1.83. The number of nitrogens with one attached hydrogen (secondary N) is 1. The van der Waals surface area contributed by atoms with Gasteiger partial charge in [0.1, 0.15) is 0 Å². The van der Waals surface area contributed by atoms with Gasteiger partial charge in [0.2, 0.25) is 0 Å². The molecule has 0 aliphatic heterocycles. The number of aromatic nitrogens is 1. The zero-order chi connectivity index (χ0) is 11.7. The van der Waals surface area contributed by atoms with Crippen LogP contribution in [-0.2, 0) is 6.42 Å². The largest absolute Gasteiger partial charge is 0.337 e. The van der Waals surface area contributed by atoms with E-state index in [1.54, 1.807) is 17.4 Å². The molecule has 0 amide bonds. The fourth-order valence-corrected chi connectivity index (χ4v) is 2.99. The lowest BCUT2D eigenvalue weighted by molar-refractivity contribution is 1.17. The molecule has 2 aromatic rings. The van der Waals surface area contributed by atoms with Crippen LogP contribution in [0.2, 0.25) is 10.0 Å². The maximum atomic E-state index is 6.00. The number of rotatable bonds is 2. The summed E-state index contributed by atoms with van der Waals surface area (Å²) in [6.07, 6.45) is 0.952. The zero-order valence-electron chi connectivity index (χ0n) is 8.51. The molecule has 0 aliphatic carbocycles. The zero-order valence-corrected chi connectivity index (χ0v) is 11.7. The number of aromatic amines is 1. The van der Waals surface area contributed by atoms with Crippen LogP contribution in [0.3, 0.4) is 0 Å². The molecule has 1 aromatic carbocycles. The molecule has 1 nitrogen and oxygen atoms in total. The van der Waals surface area contributed by atoms with Crippen LogP contribution in [0.4, 0.5) is 0 Å². The average Bonchev–Trinajstić information content (AvgIpc) is 2.63. The number of halogens is 2. The molecule has 0 fully saturated rings. The number of hydrogen-bond donors (Lipinski definition) is 1. The molecule has 0 unspecified atom stereocenters. The van der Waals surface area contributed by atoms with Gasteiger partial charge in [-0.1, -0.05) is 36.2 Å². The van der Waals surface area contributed by atoms with E-state index >= 15 is 0 Å². The Balaban J connectivity index is 2.57. The maximum absolute atomic E-state index is 6.00. The van der Waals surface area contributed by atoms with Crippen molar-refractivity contribution in [3.63, 3.8) is 0 Å². The Labute approximate surface area is 113 Å². The highest BCUT2D eigenvalue weighted by Crippen LogP contribution is 2.31. The van der Waals surface area contributed by atoms with Crippen molar-refractivity contribution in [2.24, 2.45) is 0 Å². The highest BCUT2D eigenvalue weighted by molar-refractivity contribution is 7.73. The second-order valence-electron chi connectivity index (χ2n) is 3.30. The molecule has 5 heteroatoms. The SMILES string of the molecule is CCc1sc(=S)[nH]c1-c1ccc(Cl)c(Cl)c1. The van der Waals surface area contributed by atoms with Gasteiger partial charge >= 0.3 is 0 Å². The van der Waals surface area contributed by atoms with E-state index in [4.69, 9.17) is 35.4 Å². The van der Waals surface area contributed by atoms with E-state index in [1.807, 2.05) is 12.1 Å². The topological polar surface area (TPSA) is 15.8 Å². The van der Waals surface area contributed by atoms with Gasteiger partial charge in [0.15, 0.2) is 3.95 Å².